The summed E-state index contributed by atoms with van der Waals surface area (Å²) in [4.78, 5) is 11.9. The van der Waals surface area contributed by atoms with Crippen LogP contribution in [0.2, 0.25) is 0 Å². The third-order valence-electron chi connectivity index (χ3n) is 3.26. The van der Waals surface area contributed by atoms with Gasteiger partial charge in [0.2, 0.25) is 5.91 Å². The number of nitrogens with two attached hydrogens (primary N) is 1. The van der Waals surface area contributed by atoms with E-state index < -0.39 is 0 Å². The molecule has 0 bridgehead atoms. The molecular weight excluding hydrogens is 240 g/mol. The minimum atomic E-state index is -0.191. The first-order chi connectivity index (χ1) is 8.90. The van der Waals surface area contributed by atoms with Crippen molar-refractivity contribution in [3.8, 4) is 5.75 Å². The molecule has 19 heavy (non-hydrogen) atoms. The fraction of sp³-hybridized carbons (Fsp3) is 0.533. The van der Waals surface area contributed by atoms with E-state index >= 15 is 0 Å². The van der Waals surface area contributed by atoms with E-state index in [1.807, 2.05) is 26.0 Å². The minimum Gasteiger partial charge on any atom is -0.496 e. The lowest BCUT2D eigenvalue weighted by atomic mass is 9.99. The molecule has 4 heteroatoms. The van der Waals surface area contributed by atoms with Crippen molar-refractivity contribution in [3.05, 3.63) is 23.3 Å². The van der Waals surface area contributed by atoms with Gasteiger partial charge in [-0.15, -0.1) is 0 Å². The van der Waals surface area contributed by atoms with Crippen LogP contribution >= 0.6 is 0 Å². The van der Waals surface area contributed by atoms with E-state index in [-0.39, 0.29) is 11.8 Å². The standard InChI is InChI=1S/C15H24N2O2/c1-9(2)12-7-13(10(3)6-14(12)19-5)17-15(18)11(4)8-16/h6-7,9,11H,8,16H2,1-5H3,(H,17,18). The van der Waals surface area contributed by atoms with E-state index in [1.54, 1.807) is 7.11 Å². The Kier molecular flexibility index (Phi) is 5.36. The molecule has 3 N–H and O–H groups in total. The van der Waals surface area contributed by atoms with Crippen molar-refractivity contribution in [1.82, 2.24) is 0 Å². The number of nitrogens with one attached hydrogen (secondary N) is 1. The molecule has 1 atom stereocenters. The summed E-state index contributed by atoms with van der Waals surface area (Å²) in [5.41, 5.74) is 8.41. The van der Waals surface area contributed by atoms with Crippen molar-refractivity contribution in [1.29, 1.82) is 0 Å². The summed E-state index contributed by atoms with van der Waals surface area (Å²) in [7, 11) is 1.66. The summed E-state index contributed by atoms with van der Waals surface area (Å²) in [5, 5.41) is 2.93. The van der Waals surface area contributed by atoms with Gasteiger partial charge in [0.1, 0.15) is 5.75 Å². The lowest BCUT2D eigenvalue weighted by Gasteiger charge is -2.17. The predicted octanol–water partition coefficient (Wildman–Crippen LogP) is 2.66. The maximum atomic E-state index is 11.9. The van der Waals surface area contributed by atoms with Crippen LogP contribution in [0.3, 0.4) is 0 Å². The van der Waals surface area contributed by atoms with Crippen LogP contribution in [0.5, 0.6) is 5.75 Å². The van der Waals surface area contributed by atoms with Gasteiger partial charge in [0, 0.05) is 18.2 Å². The first-order valence-electron chi connectivity index (χ1n) is 6.60. The van der Waals surface area contributed by atoms with E-state index in [0.29, 0.717) is 12.5 Å². The Balaban J connectivity index is 3.08. The SMILES string of the molecule is COc1cc(C)c(NC(=O)C(C)CN)cc1C(C)C. The van der Waals surface area contributed by atoms with Crippen molar-refractivity contribution >= 4 is 11.6 Å². The van der Waals surface area contributed by atoms with Crippen LogP contribution in [-0.4, -0.2) is 19.6 Å². The van der Waals surface area contributed by atoms with Crippen LogP contribution in [0.1, 0.15) is 37.8 Å². The highest BCUT2D eigenvalue weighted by Crippen LogP contribution is 2.32. The zero-order valence-corrected chi connectivity index (χ0v) is 12.4. The average molecular weight is 264 g/mol. The van der Waals surface area contributed by atoms with Crippen molar-refractivity contribution in [2.75, 3.05) is 19.0 Å². The second-order valence-corrected chi connectivity index (χ2v) is 5.19. The van der Waals surface area contributed by atoms with E-state index in [2.05, 4.69) is 19.2 Å². The molecule has 0 saturated heterocycles. The molecule has 1 aromatic carbocycles. The summed E-state index contributed by atoms with van der Waals surface area (Å²) in [6.07, 6.45) is 0. The van der Waals surface area contributed by atoms with E-state index in [1.165, 1.54) is 0 Å². The molecule has 1 unspecified atom stereocenters. The van der Waals surface area contributed by atoms with Crippen LogP contribution < -0.4 is 15.8 Å². The molecule has 0 aliphatic carbocycles. The Morgan fingerprint density at radius 2 is 2.00 bits per heavy atom. The van der Waals surface area contributed by atoms with Crippen molar-refractivity contribution in [3.63, 3.8) is 0 Å². The molecular formula is C15H24N2O2. The topological polar surface area (TPSA) is 64.3 Å². The van der Waals surface area contributed by atoms with Crippen molar-refractivity contribution < 1.29 is 9.53 Å². The molecule has 0 saturated carbocycles. The van der Waals surface area contributed by atoms with Gasteiger partial charge in [0.25, 0.3) is 0 Å². The van der Waals surface area contributed by atoms with E-state index in [0.717, 1.165) is 22.6 Å². The first-order valence-corrected chi connectivity index (χ1v) is 6.60. The van der Waals surface area contributed by atoms with Gasteiger partial charge in [-0.1, -0.05) is 20.8 Å². The number of methoxy groups -OCH3 is 1. The Hall–Kier alpha value is -1.55. The monoisotopic (exact) mass is 264 g/mol. The van der Waals surface area contributed by atoms with Gasteiger partial charge in [-0.05, 0) is 36.1 Å². The smallest absolute Gasteiger partial charge is 0.228 e. The number of hydrogen-bond acceptors (Lipinski definition) is 3. The zero-order chi connectivity index (χ0) is 14.6. The van der Waals surface area contributed by atoms with Gasteiger partial charge in [0.15, 0.2) is 0 Å². The summed E-state index contributed by atoms with van der Waals surface area (Å²) >= 11 is 0. The summed E-state index contributed by atoms with van der Waals surface area (Å²) in [5.74, 6) is 0.949. The molecule has 0 aliphatic heterocycles. The number of carbonyl (C=O) groups excluding carboxylic acids is 1. The fourth-order valence-corrected chi connectivity index (χ4v) is 1.82. The van der Waals surface area contributed by atoms with Crippen LogP contribution in [0, 0.1) is 12.8 Å². The lowest BCUT2D eigenvalue weighted by molar-refractivity contribution is -0.119. The van der Waals surface area contributed by atoms with Gasteiger partial charge in [-0.3, -0.25) is 4.79 Å². The van der Waals surface area contributed by atoms with Gasteiger partial charge in [-0.25, -0.2) is 0 Å². The summed E-state index contributed by atoms with van der Waals surface area (Å²) in [6.45, 7) is 8.31. The third kappa shape index (κ3) is 3.70. The lowest BCUT2D eigenvalue weighted by Crippen LogP contribution is -2.27. The first kappa shape index (κ1) is 15.5. The van der Waals surface area contributed by atoms with E-state index in [9.17, 15) is 4.79 Å². The number of ether oxygens (including phenoxy) is 1. The van der Waals surface area contributed by atoms with Gasteiger partial charge >= 0.3 is 0 Å². The molecule has 0 fully saturated rings. The number of aryl methyl sites for hydroxylation is 1. The molecule has 0 aliphatic rings. The molecule has 0 spiro atoms. The number of rotatable bonds is 5. The number of amides is 1. The largest absolute Gasteiger partial charge is 0.496 e. The highest BCUT2D eigenvalue weighted by atomic mass is 16.5. The van der Waals surface area contributed by atoms with Gasteiger partial charge in [-0.2, -0.15) is 0 Å². The number of hydrogen-bond donors (Lipinski definition) is 2. The number of carbonyl (C=O) groups is 1. The quantitative estimate of drug-likeness (QED) is 0.859. The molecule has 1 amide bonds. The van der Waals surface area contributed by atoms with Crippen molar-refractivity contribution in [2.24, 2.45) is 11.7 Å². The Labute approximate surface area is 115 Å². The maximum Gasteiger partial charge on any atom is 0.228 e. The molecule has 0 heterocycles. The van der Waals surface area contributed by atoms with Crippen LogP contribution in [0.25, 0.3) is 0 Å². The Morgan fingerprint density at radius 3 is 2.47 bits per heavy atom. The molecule has 0 aromatic heterocycles. The second-order valence-electron chi connectivity index (χ2n) is 5.19. The van der Waals surface area contributed by atoms with Crippen LogP contribution in [0.15, 0.2) is 12.1 Å². The number of anilines is 1. The molecule has 1 aromatic rings. The second kappa shape index (κ2) is 6.57. The maximum absolute atomic E-state index is 11.9. The summed E-state index contributed by atoms with van der Waals surface area (Å²) in [6, 6.07) is 3.94. The van der Waals surface area contributed by atoms with Crippen LogP contribution in [0.4, 0.5) is 5.69 Å². The molecule has 4 nitrogen and oxygen atoms in total. The van der Waals surface area contributed by atoms with Gasteiger partial charge < -0.3 is 15.8 Å². The highest BCUT2D eigenvalue weighted by Gasteiger charge is 2.15. The Morgan fingerprint density at radius 1 is 1.37 bits per heavy atom. The number of benzene rings is 1. The summed E-state index contributed by atoms with van der Waals surface area (Å²) < 4.78 is 5.38. The zero-order valence-electron chi connectivity index (χ0n) is 12.4. The minimum absolute atomic E-state index is 0.0505. The molecule has 1 rings (SSSR count). The molecule has 0 radical (unpaired) electrons. The molecule has 106 valence electrons. The average Bonchev–Trinajstić information content (AvgIpc) is 2.38. The van der Waals surface area contributed by atoms with Crippen molar-refractivity contribution in [2.45, 2.75) is 33.6 Å². The van der Waals surface area contributed by atoms with E-state index in [4.69, 9.17) is 10.5 Å². The van der Waals surface area contributed by atoms with Gasteiger partial charge in [0.05, 0.1) is 7.11 Å². The van der Waals surface area contributed by atoms with Crippen LogP contribution in [-0.2, 0) is 4.79 Å². The highest BCUT2D eigenvalue weighted by molar-refractivity contribution is 5.93. The third-order valence-corrected chi connectivity index (χ3v) is 3.26. The predicted molar refractivity (Wildman–Crippen MR) is 78.7 cm³/mol. The Bertz CT molecular complexity index is 456. The normalized spacial score (nSPS) is 12.4. The fourth-order valence-electron chi connectivity index (χ4n) is 1.82.